The van der Waals surface area contributed by atoms with Crippen molar-refractivity contribution in [3.63, 3.8) is 0 Å². The second kappa shape index (κ2) is 8.45. The summed E-state index contributed by atoms with van der Waals surface area (Å²) < 4.78 is 10.7. The van der Waals surface area contributed by atoms with E-state index in [1.165, 1.54) is 37.7 Å². The molecule has 1 aromatic carbocycles. The summed E-state index contributed by atoms with van der Waals surface area (Å²) in [7, 11) is 3.29. The Balaban J connectivity index is 1.50. The quantitative estimate of drug-likeness (QED) is 0.798. The Morgan fingerprint density at radius 2 is 1.84 bits per heavy atom. The SMILES string of the molecule is COc1cc2c(cc1OC)CN(C(=O)NCCCC1CCCC1)CC2. The van der Waals surface area contributed by atoms with Gasteiger partial charge < -0.3 is 19.7 Å². The van der Waals surface area contributed by atoms with Gasteiger partial charge in [0.15, 0.2) is 11.5 Å². The molecule has 1 aliphatic carbocycles. The molecule has 0 bridgehead atoms. The van der Waals surface area contributed by atoms with Crippen LogP contribution in [0.5, 0.6) is 11.5 Å². The number of hydrogen-bond donors (Lipinski definition) is 1. The summed E-state index contributed by atoms with van der Waals surface area (Å²) in [6, 6.07) is 4.07. The van der Waals surface area contributed by atoms with Gasteiger partial charge in [0.05, 0.1) is 14.2 Å². The first kappa shape index (κ1) is 17.9. The van der Waals surface area contributed by atoms with E-state index in [2.05, 4.69) is 5.32 Å². The largest absolute Gasteiger partial charge is 0.493 e. The molecule has 1 aliphatic heterocycles. The summed E-state index contributed by atoms with van der Waals surface area (Å²) in [5.41, 5.74) is 2.38. The van der Waals surface area contributed by atoms with E-state index in [1.807, 2.05) is 17.0 Å². The lowest BCUT2D eigenvalue weighted by Crippen LogP contribution is -2.43. The molecule has 138 valence electrons. The normalized spacial score (nSPS) is 17.3. The standard InChI is InChI=1S/C20H30N2O3/c1-24-18-12-16-9-11-22(14-17(16)13-19(18)25-2)20(23)21-10-5-8-15-6-3-4-7-15/h12-13,15H,3-11,14H2,1-2H3,(H,21,23). The van der Waals surface area contributed by atoms with Crippen molar-refractivity contribution in [3.8, 4) is 11.5 Å². The average molecular weight is 346 g/mol. The van der Waals surface area contributed by atoms with Crippen molar-refractivity contribution in [2.75, 3.05) is 27.3 Å². The van der Waals surface area contributed by atoms with Gasteiger partial charge in [-0.15, -0.1) is 0 Å². The van der Waals surface area contributed by atoms with E-state index >= 15 is 0 Å². The van der Waals surface area contributed by atoms with Gasteiger partial charge in [0, 0.05) is 19.6 Å². The fourth-order valence-corrected chi connectivity index (χ4v) is 4.05. The number of methoxy groups -OCH3 is 2. The van der Waals surface area contributed by atoms with Gasteiger partial charge in [-0.25, -0.2) is 4.79 Å². The molecule has 1 aromatic rings. The van der Waals surface area contributed by atoms with Crippen molar-refractivity contribution in [3.05, 3.63) is 23.3 Å². The van der Waals surface area contributed by atoms with Gasteiger partial charge >= 0.3 is 6.03 Å². The number of urea groups is 1. The smallest absolute Gasteiger partial charge is 0.317 e. The molecule has 0 atom stereocenters. The van der Waals surface area contributed by atoms with Crippen molar-refractivity contribution in [1.29, 1.82) is 0 Å². The zero-order valence-corrected chi connectivity index (χ0v) is 15.5. The Morgan fingerprint density at radius 1 is 1.16 bits per heavy atom. The summed E-state index contributed by atoms with van der Waals surface area (Å²) in [6.45, 7) is 2.16. The first-order chi connectivity index (χ1) is 12.2. The Labute approximate surface area is 150 Å². The van der Waals surface area contributed by atoms with E-state index in [4.69, 9.17) is 9.47 Å². The summed E-state index contributed by atoms with van der Waals surface area (Å²) in [6.07, 6.45) is 8.72. The molecule has 5 heteroatoms. The number of ether oxygens (including phenoxy) is 2. The van der Waals surface area contributed by atoms with Crippen molar-refractivity contribution < 1.29 is 14.3 Å². The highest BCUT2D eigenvalue weighted by Crippen LogP contribution is 2.33. The minimum atomic E-state index is 0.0480. The first-order valence-corrected chi connectivity index (χ1v) is 9.48. The topological polar surface area (TPSA) is 50.8 Å². The van der Waals surface area contributed by atoms with Gasteiger partial charge in [-0.3, -0.25) is 0 Å². The maximum atomic E-state index is 12.4. The van der Waals surface area contributed by atoms with Crippen LogP contribution < -0.4 is 14.8 Å². The van der Waals surface area contributed by atoms with Crippen LogP contribution in [-0.2, 0) is 13.0 Å². The average Bonchev–Trinajstić information content (AvgIpc) is 3.16. The number of carbonyl (C=O) groups is 1. The predicted octanol–water partition coefficient (Wildman–Crippen LogP) is 3.74. The molecule has 1 fully saturated rings. The van der Waals surface area contributed by atoms with E-state index in [9.17, 15) is 4.79 Å². The maximum absolute atomic E-state index is 12.4. The van der Waals surface area contributed by atoms with Crippen LogP contribution in [0.2, 0.25) is 0 Å². The molecule has 0 radical (unpaired) electrons. The van der Waals surface area contributed by atoms with E-state index in [0.717, 1.165) is 48.9 Å². The lowest BCUT2D eigenvalue weighted by molar-refractivity contribution is 0.192. The number of nitrogens with one attached hydrogen (secondary N) is 1. The molecule has 2 amide bonds. The van der Waals surface area contributed by atoms with Crippen molar-refractivity contribution in [2.24, 2.45) is 5.92 Å². The molecular formula is C20H30N2O3. The number of benzene rings is 1. The van der Waals surface area contributed by atoms with Gasteiger partial charge in [0.2, 0.25) is 0 Å². The molecule has 1 saturated carbocycles. The summed E-state index contributed by atoms with van der Waals surface area (Å²) in [5.74, 6) is 2.37. The van der Waals surface area contributed by atoms with Crippen LogP contribution >= 0.6 is 0 Å². The number of nitrogens with zero attached hydrogens (tertiary/aromatic N) is 1. The van der Waals surface area contributed by atoms with Gasteiger partial charge in [0.1, 0.15) is 0 Å². The van der Waals surface area contributed by atoms with Crippen LogP contribution in [0.1, 0.15) is 49.7 Å². The number of fused-ring (bicyclic) bond motifs is 1. The van der Waals surface area contributed by atoms with E-state index < -0.39 is 0 Å². The Morgan fingerprint density at radius 3 is 2.52 bits per heavy atom. The Bertz CT molecular complexity index is 597. The maximum Gasteiger partial charge on any atom is 0.317 e. The third-order valence-electron chi connectivity index (χ3n) is 5.55. The molecule has 0 aromatic heterocycles. The van der Waals surface area contributed by atoms with E-state index in [0.29, 0.717) is 6.54 Å². The van der Waals surface area contributed by atoms with Gasteiger partial charge in [-0.05, 0) is 48.4 Å². The van der Waals surface area contributed by atoms with Crippen molar-refractivity contribution in [2.45, 2.75) is 51.5 Å². The van der Waals surface area contributed by atoms with E-state index in [1.54, 1.807) is 14.2 Å². The second-order valence-corrected chi connectivity index (χ2v) is 7.17. The molecule has 1 N–H and O–H groups in total. The summed E-state index contributed by atoms with van der Waals surface area (Å²) in [4.78, 5) is 14.3. The minimum absolute atomic E-state index is 0.0480. The van der Waals surface area contributed by atoms with E-state index in [-0.39, 0.29) is 6.03 Å². The van der Waals surface area contributed by atoms with Crippen LogP contribution in [0, 0.1) is 5.92 Å². The molecule has 25 heavy (non-hydrogen) atoms. The molecular weight excluding hydrogens is 316 g/mol. The molecule has 3 rings (SSSR count). The number of amides is 2. The van der Waals surface area contributed by atoms with Crippen molar-refractivity contribution >= 4 is 6.03 Å². The third kappa shape index (κ3) is 4.39. The van der Waals surface area contributed by atoms with Crippen molar-refractivity contribution in [1.82, 2.24) is 10.2 Å². The van der Waals surface area contributed by atoms with Crippen LogP contribution in [-0.4, -0.2) is 38.2 Å². The molecule has 2 aliphatic rings. The zero-order valence-electron chi connectivity index (χ0n) is 15.5. The number of carbonyl (C=O) groups excluding carboxylic acids is 1. The highest BCUT2D eigenvalue weighted by atomic mass is 16.5. The first-order valence-electron chi connectivity index (χ1n) is 9.48. The molecule has 0 spiro atoms. The van der Waals surface area contributed by atoms with Crippen LogP contribution in [0.4, 0.5) is 4.79 Å². The minimum Gasteiger partial charge on any atom is -0.493 e. The molecule has 0 unspecified atom stereocenters. The van der Waals surface area contributed by atoms with Gasteiger partial charge in [-0.2, -0.15) is 0 Å². The second-order valence-electron chi connectivity index (χ2n) is 7.17. The number of rotatable bonds is 6. The lowest BCUT2D eigenvalue weighted by Gasteiger charge is -2.29. The van der Waals surface area contributed by atoms with Crippen LogP contribution in [0.15, 0.2) is 12.1 Å². The van der Waals surface area contributed by atoms with Crippen LogP contribution in [0.25, 0.3) is 0 Å². The molecule has 0 saturated heterocycles. The fourth-order valence-electron chi connectivity index (χ4n) is 4.05. The molecule has 5 nitrogen and oxygen atoms in total. The van der Waals surface area contributed by atoms with Gasteiger partial charge in [0.25, 0.3) is 0 Å². The predicted molar refractivity (Wildman–Crippen MR) is 98.3 cm³/mol. The van der Waals surface area contributed by atoms with Crippen LogP contribution in [0.3, 0.4) is 0 Å². The monoisotopic (exact) mass is 346 g/mol. The third-order valence-corrected chi connectivity index (χ3v) is 5.55. The Kier molecular flexibility index (Phi) is 6.05. The zero-order chi connectivity index (χ0) is 17.6. The van der Waals surface area contributed by atoms with Gasteiger partial charge in [-0.1, -0.05) is 25.7 Å². The highest BCUT2D eigenvalue weighted by molar-refractivity contribution is 5.74. The fraction of sp³-hybridized carbons (Fsp3) is 0.650. The molecule has 1 heterocycles. The summed E-state index contributed by atoms with van der Waals surface area (Å²) >= 11 is 0. The Hall–Kier alpha value is -1.91. The number of hydrogen-bond acceptors (Lipinski definition) is 3. The lowest BCUT2D eigenvalue weighted by atomic mass is 9.99. The summed E-state index contributed by atoms with van der Waals surface area (Å²) in [5, 5.41) is 3.09. The highest BCUT2D eigenvalue weighted by Gasteiger charge is 2.22.